The van der Waals surface area contributed by atoms with E-state index in [1.165, 1.54) is 21.1 Å². The summed E-state index contributed by atoms with van der Waals surface area (Å²) in [7, 11) is 2.86. The van der Waals surface area contributed by atoms with Gasteiger partial charge in [0.05, 0.1) is 32.5 Å². The summed E-state index contributed by atoms with van der Waals surface area (Å²) in [5, 5.41) is 8.29. The maximum atomic E-state index is 13.1. The van der Waals surface area contributed by atoms with Crippen molar-refractivity contribution >= 4 is 46.4 Å². The van der Waals surface area contributed by atoms with Crippen LogP contribution in [-0.2, 0) is 9.59 Å². The number of nitrogens with zero attached hydrogens (tertiary/aromatic N) is 3. The lowest BCUT2D eigenvalue weighted by Crippen LogP contribution is -2.36. The van der Waals surface area contributed by atoms with E-state index in [0.29, 0.717) is 24.7 Å². The topological polar surface area (TPSA) is 99.0 Å². The number of ether oxygens (including phenoxy) is 4. The van der Waals surface area contributed by atoms with E-state index in [0.717, 1.165) is 4.42 Å². The van der Waals surface area contributed by atoms with Crippen molar-refractivity contribution in [3.05, 3.63) is 35.4 Å². The van der Waals surface area contributed by atoms with Gasteiger partial charge in [-0.15, -0.1) is 0 Å². The summed E-state index contributed by atoms with van der Waals surface area (Å²) in [4.78, 5) is 25.3. The van der Waals surface area contributed by atoms with E-state index in [1.54, 1.807) is 37.3 Å². The number of carbonyl (C=O) groups is 2. The normalized spacial score (nSPS) is 11.7. The molecule has 1 atom stereocenters. The molecule has 1 amide bonds. The van der Waals surface area contributed by atoms with Crippen LogP contribution < -0.4 is 23.4 Å². The number of azo groups is 1. The van der Waals surface area contributed by atoms with Crippen LogP contribution in [0.4, 0.5) is 11.4 Å². The molecule has 0 radical (unpaired) electrons. The molecule has 0 aliphatic heterocycles. The second kappa shape index (κ2) is 12.3. The predicted molar refractivity (Wildman–Crippen MR) is 126 cm³/mol. The van der Waals surface area contributed by atoms with Crippen LogP contribution in [0.2, 0.25) is 5.02 Å². The number of rotatable bonds is 11. The van der Waals surface area contributed by atoms with Crippen molar-refractivity contribution in [3.63, 3.8) is 0 Å². The molecule has 0 saturated carbocycles. The first kappa shape index (κ1) is 26.2. The van der Waals surface area contributed by atoms with Crippen LogP contribution in [0, 0.1) is 0 Å². The highest BCUT2D eigenvalue weighted by Crippen LogP contribution is 2.41. The Morgan fingerprint density at radius 3 is 2.33 bits per heavy atom. The average molecular weight is 498 g/mol. The van der Waals surface area contributed by atoms with Gasteiger partial charge in [-0.05, 0) is 32.9 Å². The van der Waals surface area contributed by atoms with Gasteiger partial charge in [0, 0.05) is 23.9 Å². The lowest BCUT2D eigenvalue weighted by atomic mass is 10.2. The number of halogens is 2. The van der Waals surface area contributed by atoms with Gasteiger partial charge in [0.25, 0.3) is 5.91 Å². The Morgan fingerprint density at radius 2 is 1.76 bits per heavy atom. The molecule has 0 aromatic heterocycles. The Hall–Kier alpha value is -3.04. The zero-order chi connectivity index (χ0) is 24.5. The second-order valence-electron chi connectivity index (χ2n) is 6.48. The van der Waals surface area contributed by atoms with Crippen molar-refractivity contribution in [3.8, 4) is 23.0 Å². The number of hydrogen-bond acceptors (Lipinski definition) is 8. The molecule has 0 bridgehead atoms. The number of ketones is 1. The highest BCUT2D eigenvalue weighted by molar-refractivity contribution is 6.39. The fourth-order valence-corrected chi connectivity index (χ4v) is 3.33. The number of methoxy groups -OCH3 is 2. The Kier molecular flexibility index (Phi) is 9.74. The van der Waals surface area contributed by atoms with Gasteiger partial charge >= 0.3 is 0 Å². The third kappa shape index (κ3) is 6.27. The maximum Gasteiger partial charge on any atom is 0.276 e. The molecule has 0 N–H and O–H groups in total. The molecule has 9 nitrogen and oxygen atoms in total. The summed E-state index contributed by atoms with van der Waals surface area (Å²) in [5.74, 6) is -0.134. The van der Waals surface area contributed by atoms with Gasteiger partial charge in [-0.25, -0.2) is 4.42 Å². The Morgan fingerprint density at radius 1 is 1.06 bits per heavy atom. The summed E-state index contributed by atoms with van der Waals surface area (Å²) in [5.41, 5.74) is 0.383. The van der Waals surface area contributed by atoms with Crippen LogP contribution in [0.25, 0.3) is 0 Å². The summed E-state index contributed by atoms with van der Waals surface area (Å²) in [6.07, 6.45) is 0. The summed E-state index contributed by atoms with van der Waals surface area (Å²) >= 11 is 12.6. The smallest absolute Gasteiger partial charge is 0.276 e. The number of anilines is 1. The summed E-state index contributed by atoms with van der Waals surface area (Å²) < 4.78 is 22.3. The van der Waals surface area contributed by atoms with E-state index in [9.17, 15) is 9.59 Å². The molecule has 2 aromatic rings. The molecule has 0 spiro atoms. The molecule has 178 valence electrons. The van der Waals surface area contributed by atoms with Crippen LogP contribution in [-0.4, -0.2) is 45.2 Å². The van der Waals surface area contributed by atoms with Gasteiger partial charge in [0.15, 0.2) is 23.0 Å². The second-order valence-corrected chi connectivity index (χ2v) is 7.23. The van der Waals surface area contributed by atoms with Crippen LogP contribution in [0.15, 0.2) is 40.6 Å². The van der Waals surface area contributed by atoms with E-state index in [2.05, 4.69) is 10.2 Å². The molecule has 2 rings (SSSR count). The van der Waals surface area contributed by atoms with Gasteiger partial charge in [-0.1, -0.05) is 17.7 Å². The molecule has 0 aliphatic rings. The molecular formula is C22H25Cl2N3O6. The van der Waals surface area contributed by atoms with Crippen molar-refractivity contribution in [1.29, 1.82) is 0 Å². The quantitative estimate of drug-likeness (QED) is 0.234. The largest absolute Gasteiger partial charge is 0.494 e. The lowest BCUT2D eigenvalue weighted by molar-refractivity contribution is -0.126. The van der Waals surface area contributed by atoms with Crippen molar-refractivity contribution in [2.24, 2.45) is 10.2 Å². The number of carbonyl (C=O) groups excluding carboxylic acids is 2. The molecule has 0 saturated heterocycles. The minimum absolute atomic E-state index is 0.182. The SMILES string of the molecule is CCOc1cc(Cl)c(OCC)c(N=NC(C(C)=O)C(=O)N(Cl)c2cccc(OC)c2OC)c1. The minimum atomic E-state index is -1.53. The van der Waals surface area contributed by atoms with E-state index >= 15 is 0 Å². The molecule has 1 unspecified atom stereocenters. The predicted octanol–water partition coefficient (Wildman–Crippen LogP) is 5.38. The highest BCUT2D eigenvalue weighted by Gasteiger charge is 2.31. The van der Waals surface area contributed by atoms with Gasteiger partial charge in [0.1, 0.15) is 17.1 Å². The fourth-order valence-electron chi connectivity index (χ4n) is 2.84. The molecular weight excluding hydrogens is 473 g/mol. The van der Waals surface area contributed by atoms with Crippen LogP contribution in [0.1, 0.15) is 20.8 Å². The van der Waals surface area contributed by atoms with Gasteiger partial charge in [-0.3, -0.25) is 9.59 Å². The van der Waals surface area contributed by atoms with E-state index in [1.807, 2.05) is 6.92 Å². The molecule has 33 heavy (non-hydrogen) atoms. The van der Waals surface area contributed by atoms with Crippen LogP contribution >= 0.6 is 23.4 Å². The van der Waals surface area contributed by atoms with E-state index < -0.39 is 17.7 Å². The van der Waals surface area contributed by atoms with E-state index in [-0.39, 0.29) is 27.9 Å². The molecule has 11 heteroatoms. The van der Waals surface area contributed by atoms with Crippen LogP contribution in [0.5, 0.6) is 23.0 Å². The lowest BCUT2D eigenvalue weighted by Gasteiger charge is -2.20. The first-order chi connectivity index (χ1) is 15.8. The van der Waals surface area contributed by atoms with Gasteiger partial charge < -0.3 is 18.9 Å². The molecule has 2 aromatic carbocycles. The Bertz CT molecular complexity index is 1030. The maximum absolute atomic E-state index is 13.1. The zero-order valence-corrected chi connectivity index (χ0v) is 20.4. The molecule has 0 heterocycles. The van der Waals surface area contributed by atoms with Gasteiger partial charge in [0.2, 0.25) is 6.04 Å². The van der Waals surface area contributed by atoms with Crippen LogP contribution in [0.3, 0.4) is 0 Å². The molecule has 0 fully saturated rings. The number of benzene rings is 2. The minimum Gasteiger partial charge on any atom is -0.494 e. The van der Waals surface area contributed by atoms with E-state index in [4.69, 9.17) is 42.3 Å². The number of Topliss-reactive ketones (excluding diaryl/α,β-unsaturated/α-hetero) is 1. The number of hydrogen-bond donors (Lipinski definition) is 0. The Balaban J connectivity index is 2.44. The van der Waals surface area contributed by atoms with Crippen molar-refractivity contribution in [2.75, 3.05) is 31.9 Å². The van der Waals surface area contributed by atoms with Gasteiger partial charge in [-0.2, -0.15) is 10.2 Å². The third-order valence-electron chi connectivity index (χ3n) is 4.28. The summed E-state index contributed by atoms with van der Waals surface area (Å²) in [6.45, 7) is 5.53. The standard InChI is InChI=1S/C22H25Cl2N3O6/c1-6-32-14-11-15(23)20(33-7-2)16(12-14)25-26-19(13(3)28)22(29)27(24)17-9-8-10-18(30-4)21(17)31-5/h8-12,19H,6-7H2,1-5H3. The molecule has 0 aliphatic carbocycles. The monoisotopic (exact) mass is 497 g/mol. The Labute approximate surface area is 202 Å². The average Bonchev–Trinajstić information content (AvgIpc) is 2.79. The van der Waals surface area contributed by atoms with Crippen molar-refractivity contribution in [1.82, 2.24) is 0 Å². The zero-order valence-electron chi connectivity index (χ0n) is 18.9. The fraction of sp³-hybridized carbons (Fsp3) is 0.364. The third-order valence-corrected chi connectivity index (χ3v) is 4.91. The highest BCUT2D eigenvalue weighted by atomic mass is 35.5. The number of amides is 1. The first-order valence-corrected chi connectivity index (χ1v) is 10.7. The van der Waals surface area contributed by atoms with Crippen molar-refractivity contribution < 1.29 is 28.5 Å². The van der Waals surface area contributed by atoms with Crippen molar-refractivity contribution in [2.45, 2.75) is 26.8 Å². The number of para-hydroxylation sites is 1. The first-order valence-electron chi connectivity index (χ1n) is 10.00. The summed E-state index contributed by atoms with van der Waals surface area (Å²) in [6, 6.07) is 6.41.